The molecule has 0 unspecified atom stereocenters. The van der Waals surface area contributed by atoms with Crippen LogP contribution in [0.5, 0.6) is 11.5 Å². The average molecular weight is 383 g/mol. The van der Waals surface area contributed by atoms with Crippen LogP contribution in [0.2, 0.25) is 0 Å². The highest BCUT2D eigenvalue weighted by molar-refractivity contribution is 6.02. The first kappa shape index (κ1) is 19.5. The van der Waals surface area contributed by atoms with Gasteiger partial charge in [-0.3, -0.25) is 4.79 Å². The van der Waals surface area contributed by atoms with Crippen LogP contribution in [0.15, 0.2) is 36.4 Å². The van der Waals surface area contributed by atoms with E-state index >= 15 is 0 Å². The number of nitrogens with one attached hydrogen (secondary N) is 2. The summed E-state index contributed by atoms with van der Waals surface area (Å²) in [6, 6.07) is 10.4. The van der Waals surface area contributed by atoms with E-state index in [1.165, 1.54) is 14.2 Å². The van der Waals surface area contributed by atoms with Crippen molar-refractivity contribution in [2.45, 2.75) is 26.2 Å². The number of benzene rings is 2. The van der Waals surface area contributed by atoms with Crippen LogP contribution in [0.1, 0.15) is 24.8 Å². The molecule has 1 aliphatic heterocycles. The van der Waals surface area contributed by atoms with Crippen LogP contribution in [0, 0.1) is 6.92 Å². The molecule has 0 spiro atoms. The second-order valence-corrected chi connectivity index (χ2v) is 6.62. The maximum atomic E-state index is 12.5. The number of hydrogen-bond acceptors (Lipinski definition) is 4. The van der Waals surface area contributed by atoms with Crippen molar-refractivity contribution >= 4 is 29.0 Å². The van der Waals surface area contributed by atoms with E-state index in [-0.39, 0.29) is 5.91 Å². The van der Waals surface area contributed by atoms with E-state index in [2.05, 4.69) is 10.6 Å². The third-order valence-electron chi connectivity index (χ3n) is 4.73. The van der Waals surface area contributed by atoms with Crippen LogP contribution in [0.25, 0.3) is 0 Å². The Labute approximate surface area is 164 Å². The van der Waals surface area contributed by atoms with Crippen molar-refractivity contribution in [2.24, 2.45) is 0 Å². The molecule has 0 aromatic heterocycles. The Kier molecular flexibility index (Phi) is 6.03. The SMILES string of the molecule is COc1cccc(NC(=O)Nc2ccc(C)c(N3CCCCC3=O)c2)c1OC. The minimum absolute atomic E-state index is 0.122. The van der Waals surface area contributed by atoms with Crippen molar-refractivity contribution in [3.8, 4) is 11.5 Å². The number of hydrogen-bond donors (Lipinski definition) is 2. The second kappa shape index (κ2) is 8.65. The fraction of sp³-hybridized carbons (Fsp3) is 0.333. The van der Waals surface area contributed by atoms with Crippen molar-refractivity contribution in [3.63, 3.8) is 0 Å². The number of nitrogens with zero attached hydrogens (tertiary/aromatic N) is 1. The van der Waals surface area contributed by atoms with Gasteiger partial charge in [0.1, 0.15) is 0 Å². The number of para-hydroxylation sites is 1. The summed E-state index contributed by atoms with van der Waals surface area (Å²) in [5.74, 6) is 1.10. The maximum absolute atomic E-state index is 12.5. The molecule has 1 aliphatic rings. The number of piperidine rings is 1. The van der Waals surface area contributed by atoms with Crippen LogP contribution < -0.4 is 25.0 Å². The van der Waals surface area contributed by atoms with Gasteiger partial charge in [0.25, 0.3) is 0 Å². The molecule has 0 saturated carbocycles. The van der Waals surface area contributed by atoms with Gasteiger partial charge in [-0.05, 0) is 49.6 Å². The summed E-state index contributed by atoms with van der Waals surface area (Å²) >= 11 is 0. The summed E-state index contributed by atoms with van der Waals surface area (Å²) in [5.41, 5.74) is 2.94. The monoisotopic (exact) mass is 383 g/mol. The first-order valence-electron chi connectivity index (χ1n) is 9.23. The Morgan fingerprint density at radius 2 is 1.89 bits per heavy atom. The Morgan fingerprint density at radius 3 is 2.61 bits per heavy atom. The molecule has 3 amide bonds. The van der Waals surface area contributed by atoms with Crippen LogP contribution in [0.4, 0.5) is 21.9 Å². The molecular weight excluding hydrogens is 358 g/mol. The Balaban J connectivity index is 1.76. The van der Waals surface area contributed by atoms with Gasteiger partial charge in [0.05, 0.1) is 19.9 Å². The van der Waals surface area contributed by atoms with E-state index in [0.29, 0.717) is 35.8 Å². The molecule has 2 N–H and O–H groups in total. The van der Waals surface area contributed by atoms with E-state index in [9.17, 15) is 9.59 Å². The Morgan fingerprint density at radius 1 is 1.07 bits per heavy atom. The summed E-state index contributed by atoms with van der Waals surface area (Å²) in [5, 5.41) is 5.59. The molecule has 2 aromatic rings. The summed E-state index contributed by atoms with van der Waals surface area (Å²) in [6.07, 6.45) is 2.48. The van der Waals surface area contributed by atoms with Gasteiger partial charge in [-0.1, -0.05) is 12.1 Å². The van der Waals surface area contributed by atoms with E-state index in [4.69, 9.17) is 9.47 Å². The number of anilines is 3. The molecular formula is C21H25N3O4. The van der Waals surface area contributed by atoms with Crippen molar-refractivity contribution in [1.29, 1.82) is 0 Å². The summed E-state index contributed by atoms with van der Waals surface area (Å²) in [7, 11) is 3.06. The lowest BCUT2D eigenvalue weighted by Gasteiger charge is -2.28. The molecule has 3 rings (SSSR count). The number of rotatable bonds is 5. The molecule has 7 heteroatoms. The fourth-order valence-electron chi connectivity index (χ4n) is 3.31. The molecule has 148 valence electrons. The topological polar surface area (TPSA) is 79.9 Å². The lowest BCUT2D eigenvalue weighted by atomic mass is 10.1. The number of carbonyl (C=O) groups is 2. The Hall–Kier alpha value is -3.22. The van der Waals surface area contributed by atoms with Crippen molar-refractivity contribution < 1.29 is 19.1 Å². The highest BCUT2D eigenvalue weighted by Crippen LogP contribution is 2.35. The zero-order valence-electron chi connectivity index (χ0n) is 16.4. The van der Waals surface area contributed by atoms with Crippen LogP contribution >= 0.6 is 0 Å². The lowest BCUT2D eigenvalue weighted by Crippen LogP contribution is -2.35. The van der Waals surface area contributed by atoms with Crippen molar-refractivity contribution in [2.75, 3.05) is 36.3 Å². The van der Waals surface area contributed by atoms with Gasteiger partial charge >= 0.3 is 6.03 Å². The quantitative estimate of drug-likeness (QED) is 0.812. The molecule has 0 radical (unpaired) electrons. The predicted molar refractivity (Wildman–Crippen MR) is 110 cm³/mol. The number of urea groups is 1. The third-order valence-corrected chi connectivity index (χ3v) is 4.73. The average Bonchev–Trinajstić information content (AvgIpc) is 2.69. The summed E-state index contributed by atoms with van der Waals surface area (Å²) in [4.78, 5) is 26.5. The lowest BCUT2D eigenvalue weighted by molar-refractivity contribution is -0.119. The molecule has 0 atom stereocenters. The van der Waals surface area contributed by atoms with Gasteiger partial charge in [-0.2, -0.15) is 0 Å². The number of aryl methyl sites for hydroxylation is 1. The highest BCUT2D eigenvalue weighted by atomic mass is 16.5. The minimum atomic E-state index is -0.411. The zero-order valence-corrected chi connectivity index (χ0v) is 16.4. The van der Waals surface area contributed by atoms with Gasteiger partial charge in [0, 0.05) is 24.3 Å². The molecule has 1 fully saturated rings. The summed E-state index contributed by atoms with van der Waals surface area (Å²) in [6.45, 7) is 2.67. The first-order valence-corrected chi connectivity index (χ1v) is 9.23. The molecule has 1 heterocycles. The van der Waals surface area contributed by atoms with Crippen LogP contribution in [-0.4, -0.2) is 32.7 Å². The smallest absolute Gasteiger partial charge is 0.323 e. The number of ether oxygens (including phenoxy) is 2. The molecule has 1 saturated heterocycles. The first-order chi connectivity index (χ1) is 13.5. The van der Waals surface area contributed by atoms with E-state index in [0.717, 1.165) is 24.1 Å². The van der Waals surface area contributed by atoms with Gasteiger partial charge in [0.2, 0.25) is 5.91 Å². The molecule has 0 bridgehead atoms. The largest absolute Gasteiger partial charge is 0.493 e. The van der Waals surface area contributed by atoms with Crippen molar-refractivity contribution in [1.82, 2.24) is 0 Å². The predicted octanol–water partition coefficient (Wildman–Crippen LogP) is 4.17. The maximum Gasteiger partial charge on any atom is 0.323 e. The van der Waals surface area contributed by atoms with Crippen LogP contribution in [0.3, 0.4) is 0 Å². The number of carbonyl (C=O) groups excluding carboxylic acids is 2. The summed E-state index contributed by atoms with van der Waals surface area (Å²) < 4.78 is 10.6. The standard InChI is InChI=1S/C21H25N3O4/c1-14-10-11-15(13-17(14)24-12-5-4-9-19(24)25)22-21(26)23-16-7-6-8-18(27-2)20(16)28-3/h6-8,10-11,13H,4-5,9,12H2,1-3H3,(H2,22,23,26). The Bertz CT molecular complexity index is 882. The van der Waals surface area contributed by atoms with Gasteiger partial charge in [-0.15, -0.1) is 0 Å². The van der Waals surface area contributed by atoms with Crippen LogP contribution in [-0.2, 0) is 4.79 Å². The van der Waals surface area contributed by atoms with E-state index in [1.54, 1.807) is 23.1 Å². The number of methoxy groups -OCH3 is 2. The minimum Gasteiger partial charge on any atom is -0.493 e. The normalized spacial score (nSPS) is 13.8. The molecule has 0 aliphatic carbocycles. The van der Waals surface area contributed by atoms with Gasteiger partial charge in [0.15, 0.2) is 11.5 Å². The van der Waals surface area contributed by atoms with Gasteiger partial charge in [-0.25, -0.2) is 4.79 Å². The second-order valence-electron chi connectivity index (χ2n) is 6.62. The highest BCUT2D eigenvalue weighted by Gasteiger charge is 2.21. The third kappa shape index (κ3) is 4.19. The zero-order chi connectivity index (χ0) is 20.1. The fourth-order valence-corrected chi connectivity index (χ4v) is 3.31. The van der Waals surface area contributed by atoms with Crippen molar-refractivity contribution in [3.05, 3.63) is 42.0 Å². The number of amides is 3. The molecule has 2 aromatic carbocycles. The molecule has 7 nitrogen and oxygen atoms in total. The molecule has 28 heavy (non-hydrogen) atoms. The van der Waals surface area contributed by atoms with E-state index < -0.39 is 6.03 Å². The van der Waals surface area contributed by atoms with Gasteiger partial charge < -0.3 is 25.0 Å². The van der Waals surface area contributed by atoms with E-state index in [1.807, 2.05) is 25.1 Å².